The van der Waals surface area contributed by atoms with Gasteiger partial charge in [-0.25, -0.2) is 5.10 Å². The Morgan fingerprint density at radius 3 is 2.85 bits per heavy atom. The fourth-order valence-corrected chi connectivity index (χ4v) is 1.98. The number of nitrogen functional groups attached to an aromatic ring is 1. The third-order valence-electron chi connectivity index (χ3n) is 2.72. The summed E-state index contributed by atoms with van der Waals surface area (Å²) in [7, 11) is 0. The standard InChI is InChI=1S/C9H13N3O/c10-8-7(5-11-12-9(8)13)6-3-1-2-4-6/h5-6H,1-4H2,(H2,10,11)(H,12,13). The van der Waals surface area contributed by atoms with Gasteiger partial charge in [0.15, 0.2) is 0 Å². The van der Waals surface area contributed by atoms with E-state index in [0.29, 0.717) is 11.6 Å². The van der Waals surface area contributed by atoms with Gasteiger partial charge >= 0.3 is 0 Å². The Balaban J connectivity index is 2.39. The van der Waals surface area contributed by atoms with Gasteiger partial charge in [-0.05, 0) is 18.8 Å². The van der Waals surface area contributed by atoms with Crippen LogP contribution in [-0.4, -0.2) is 10.2 Å². The second-order valence-corrected chi connectivity index (χ2v) is 3.55. The highest BCUT2D eigenvalue weighted by molar-refractivity contribution is 5.44. The molecule has 0 spiro atoms. The summed E-state index contributed by atoms with van der Waals surface area (Å²) in [4.78, 5) is 11.2. The Morgan fingerprint density at radius 1 is 1.46 bits per heavy atom. The second kappa shape index (κ2) is 3.20. The van der Waals surface area contributed by atoms with Gasteiger partial charge in [-0.3, -0.25) is 4.79 Å². The van der Waals surface area contributed by atoms with Crippen molar-refractivity contribution in [1.82, 2.24) is 10.2 Å². The molecule has 0 radical (unpaired) electrons. The van der Waals surface area contributed by atoms with Crippen molar-refractivity contribution in [1.29, 1.82) is 0 Å². The lowest BCUT2D eigenvalue weighted by molar-refractivity contribution is 0.714. The SMILES string of the molecule is Nc1c(C2CCCC2)cn[nH]c1=O. The molecule has 70 valence electrons. The van der Waals surface area contributed by atoms with Gasteiger partial charge in [-0.2, -0.15) is 5.10 Å². The van der Waals surface area contributed by atoms with Crippen LogP contribution in [0, 0.1) is 0 Å². The van der Waals surface area contributed by atoms with Gasteiger partial charge in [0.2, 0.25) is 0 Å². The molecule has 0 bridgehead atoms. The number of rotatable bonds is 1. The molecule has 1 aliphatic carbocycles. The number of nitrogens with two attached hydrogens (primary N) is 1. The van der Waals surface area contributed by atoms with Crippen LogP contribution in [0.5, 0.6) is 0 Å². The molecule has 0 amide bonds. The molecule has 2 rings (SSSR count). The molecule has 0 saturated heterocycles. The van der Waals surface area contributed by atoms with Crippen LogP contribution in [-0.2, 0) is 0 Å². The molecule has 1 saturated carbocycles. The Kier molecular flexibility index (Phi) is 2.04. The summed E-state index contributed by atoms with van der Waals surface area (Å²) in [6.45, 7) is 0. The van der Waals surface area contributed by atoms with E-state index in [-0.39, 0.29) is 5.56 Å². The molecule has 4 nitrogen and oxygen atoms in total. The number of nitrogens with one attached hydrogen (secondary N) is 1. The minimum absolute atomic E-state index is 0.260. The minimum Gasteiger partial charge on any atom is -0.394 e. The highest BCUT2D eigenvalue weighted by Crippen LogP contribution is 2.34. The average Bonchev–Trinajstić information content (AvgIpc) is 2.62. The molecule has 1 aliphatic rings. The fraction of sp³-hybridized carbons (Fsp3) is 0.556. The van der Waals surface area contributed by atoms with E-state index in [4.69, 9.17) is 5.73 Å². The molecule has 1 aromatic heterocycles. The van der Waals surface area contributed by atoms with Crippen molar-refractivity contribution in [3.8, 4) is 0 Å². The smallest absolute Gasteiger partial charge is 0.287 e. The summed E-state index contributed by atoms with van der Waals surface area (Å²) in [5.41, 5.74) is 6.70. The van der Waals surface area contributed by atoms with Gasteiger partial charge in [-0.15, -0.1) is 0 Å². The Bertz CT molecular complexity index is 352. The Morgan fingerprint density at radius 2 is 2.15 bits per heavy atom. The van der Waals surface area contributed by atoms with Crippen LogP contribution in [0.15, 0.2) is 11.0 Å². The van der Waals surface area contributed by atoms with E-state index in [1.807, 2.05) is 0 Å². The van der Waals surface area contributed by atoms with Crippen LogP contribution >= 0.6 is 0 Å². The summed E-state index contributed by atoms with van der Waals surface area (Å²) < 4.78 is 0. The van der Waals surface area contributed by atoms with Gasteiger partial charge < -0.3 is 5.73 Å². The van der Waals surface area contributed by atoms with E-state index in [2.05, 4.69) is 10.2 Å². The Hall–Kier alpha value is -1.32. The first-order chi connectivity index (χ1) is 6.29. The molecule has 1 heterocycles. The van der Waals surface area contributed by atoms with Crippen molar-refractivity contribution in [2.45, 2.75) is 31.6 Å². The first kappa shape index (κ1) is 8.29. The number of nitrogens with zero attached hydrogens (tertiary/aromatic N) is 1. The van der Waals surface area contributed by atoms with Crippen molar-refractivity contribution >= 4 is 5.69 Å². The van der Waals surface area contributed by atoms with Crippen LogP contribution < -0.4 is 11.3 Å². The normalized spacial score (nSPS) is 17.8. The predicted octanol–water partition coefficient (Wildman–Crippen LogP) is 1.01. The van der Waals surface area contributed by atoms with E-state index in [1.165, 1.54) is 12.8 Å². The quantitative estimate of drug-likeness (QED) is 0.675. The number of aromatic amines is 1. The Labute approximate surface area is 76.2 Å². The molecule has 0 aromatic carbocycles. The maximum atomic E-state index is 11.2. The summed E-state index contributed by atoms with van der Waals surface area (Å²) in [6, 6.07) is 0. The van der Waals surface area contributed by atoms with E-state index in [0.717, 1.165) is 18.4 Å². The number of H-pyrrole nitrogens is 1. The molecule has 4 heteroatoms. The lowest BCUT2D eigenvalue weighted by Gasteiger charge is -2.09. The van der Waals surface area contributed by atoms with Gasteiger partial charge in [-0.1, -0.05) is 12.8 Å². The molecule has 1 fully saturated rings. The third-order valence-corrected chi connectivity index (χ3v) is 2.72. The van der Waals surface area contributed by atoms with Crippen LogP contribution in [0.25, 0.3) is 0 Å². The molecule has 0 aliphatic heterocycles. The zero-order chi connectivity index (χ0) is 9.26. The van der Waals surface area contributed by atoms with Crippen LogP contribution in [0.1, 0.15) is 37.2 Å². The van der Waals surface area contributed by atoms with Crippen molar-refractivity contribution in [3.05, 3.63) is 22.1 Å². The van der Waals surface area contributed by atoms with Gasteiger partial charge in [0.25, 0.3) is 5.56 Å². The first-order valence-electron chi connectivity index (χ1n) is 4.62. The van der Waals surface area contributed by atoms with Gasteiger partial charge in [0, 0.05) is 5.56 Å². The summed E-state index contributed by atoms with van der Waals surface area (Å²) >= 11 is 0. The summed E-state index contributed by atoms with van der Waals surface area (Å²) in [6.07, 6.45) is 6.42. The van der Waals surface area contributed by atoms with Crippen LogP contribution in [0.2, 0.25) is 0 Å². The van der Waals surface area contributed by atoms with Crippen LogP contribution in [0.3, 0.4) is 0 Å². The van der Waals surface area contributed by atoms with Crippen molar-refractivity contribution in [2.75, 3.05) is 5.73 Å². The van der Waals surface area contributed by atoms with Crippen LogP contribution in [0.4, 0.5) is 5.69 Å². The third kappa shape index (κ3) is 1.43. The lowest BCUT2D eigenvalue weighted by Crippen LogP contribution is -2.16. The lowest BCUT2D eigenvalue weighted by atomic mass is 9.99. The number of aromatic nitrogens is 2. The molecule has 0 unspecified atom stereocenters. The molecular weight excluding hydrogens is 166 g/mol. The molecule has 3 N–H and O–H groups in total. The molecule has 1 aromatic rings. The topological polar surface area (TPSA) is 71.8 Å². The highest BCUT2D eigenvalue weighted by atomic mass is 16.1. The van der Waals surface area contributed by atoms with Gasteiger partial charge in [0.05, 0.1) is 6.20 Å². The highest BCUT2D eigenvalue weighted by Gasteiger charge is 2.20. The fourth-order valence-electron chi connectivity index (χ4n) is 1.98. The zero-order valence-electron chi connectivity index (χ0n) is 7.42. The number of hydrogen-bond donors (Lipinski definition) is 2. The first-order valence-corrected chi connectivity index (χ1v) is 4.62. The largest absolute Gasteiger partial charge is 0.394 e. The van der Waals surface area contributed by atoms with Crippen molar-refractivity contribution < 1.29 is 0 Å². The summed E-state index contributed by atoms with van der Waals surface area (Å²) in [5.74, 6) is 0.454. The van der Waals surface area contributed by atoms with Gasteiger partial charge in [0.1, 0.15) is 5.69 Å². The molecular formula is C9H13N3O. The molecule has 0 atom stereocenters. The van der Waals surface area contributed by atoms with E-state index in [9.17, 15) is 4.79 Å². The monoisotopic (exact) mass is 179 g/mol. The predicted molar refractivity (Wildman–Crippen MR) is 50.5 cm³/mol. The summed E-state index contributed by atoms with van der Waals surface area (Å²) in [5, 5.41) is 6.10. The van der Waals surface area contributed by atoms with Crippen molar-refractivity contribution in [2.24, 2.45) is 0 Å². The average molecular weight is 179 g/mol. The van der Waals surface area contributed by atoms with E-state index in [1.54, 1.807) is 6.20 Å². The second-order valence-electron chi connectivity index (χ2n) is 3.55. The maximum absolute atomic E-state index is 11.2. The number of hydrogen-bond acceptors (Lipinski definition) is 3. The maximum Gasteiger partial charge on any atom is 0.287 e. The van der Waals surface area contributed by atoms with E-state index < -0.39 is 0 Å². The molecule has 13 heavy (non-hydrogen) atoms. The number of anilines is 1. The zero-order valence-corrected chi connectivity index (χ0v) is 7.42. The minimum atomic E-state index is -0.260. The van der Waals surface area contributed by atoms with E-state index >= 15 is 0 Å². The van der Waals surface area contributed by atoms with Crippen molar-refractivity contribution in [3.63, 3.8) is 0 Å².